The van der Waals surface area contributed by atoms with Crippen molar-refractivity contribution in [1.29, 1.82) is 0 Å². The lowest BCUT2D eigenvalue weighted by Gasteiger charge is -1.94. The van der Waals surface area contributed by atoms with E-state index in [1.807, 2.05) is 18.2 Å². The van der Waals surface area contributed by atoms with Crippen LogP contribution in [0.5, 0.6) is 0 Å². The smallest absolute Gasteiger partial charge is 0.223 e. The summed E-state index contributed by atoms with van der Waals surface area (Å²) in [5, 5.41) is 4.62. The van der Waals surface area contributed by atoms with Crippen molar-refractivity contribution >= 4 is 17.1 Å². The Balaban J connectivity index is 2.43. The molecule has 0 aliphatic carbocycles. The predicted molar refractivity (Wildman–Crippen MR) is 62.4 cm³/mol. The summed E-state index contributed by atoms with van der Waals surface area (Å²) < 4.78 is 1.61. The summed E-state index contributed by atoms with van der Waals surface area (Å²) in [7, 11) is 3.46. The molecule has 82 valence electrons. The predicted octanol–water partition coefficient (Wildman–Crippen LogP) is 1.24. The SMILES string of the molecule is CN=c1sc(C(=O)c2ccccc2)nn1C. The van der Waals surface area contributed by atoms with Crippen molar-refractivity contribution in [2.75, 3.05) is 7.05 Å². The standard InChI is InChI=1S/C11H11N3OS/c1-12-11-14(2)13-10(16-11)9(15)8-6-4-3-5-7-8/h3-7H,1-2H3. The second-order valence-corrected chi connectivity index (χ2v) is 4.19. The fourth-order valence-corrected chi connectivity index (χ4v) is 2.16. The molecule has 0 atom stereocenters. The third kappa shape index (κ3) is 1.94. The van der Waals surface area contributed by atoms with Gasteiger partial charge in [-0.15, -0.1) is 0 Å². The lowest BCUT2D eigenvalue weighted by molar-refractivity contribution is 0.103. The van der Waals surface area contributed by atoms with Crippen LogP contribution in [0.15, 0.2) is 35.3 Å². The average molecular weight is 233 g/mol. The number of nitrogens with zero attached hydrogens (tertiary/aromatic N) is 3. The molecule has 0 bridgehead atoms. The van der Waals surface area contributed by atoms with E-state index in [1.54, 1.807) is 30.9 Å². The molecular formula is C11H11N3OS. The Morgan fingerprint density at radius 1 is 1.38 bits per heavy atom. The molecule has 0 aliphatic rings. The van der Waals surface area contributed by atoms with E-state index in [-0.39, 0.29) is 5.78 Å². The van der Waals surface area contributed by atoms with Crippen molar-refractivity contribution in [1.82, 2.24) is 9.78 Å². The Bertz CT molecular complexity index is 568. The monoisotopic (exact) mass is 233 g/mol. The molecule has 5 heteroatoms. The second-order valence-electron chi connectivity index (χ2n) is 3.23. The van der Waals surface area contributed by atoms with E-state index < -0.39 is 0 Å². The summed E-state index contributed by atoms with van der Waals surface area (Å²) >= 11 is 1.30. The third-order valence-electron chi connectivity index (χ3n) is 2.13. The molecule has 1 aromatic heterocycles. The highest BCUT2D eigenvalue weighted by Gasteiger charge is 2.13. The molecule has 2 aromatic rings. The van der Waals surface area contributed by atoms with Gasteiger partial charge >= 0.3 is 0 Å². The fraction of sp³-hybridized carbons (Fsp3) is 0.182. The van der Waals surface area contributed by atoms with Gasteiger partial charge in [-0.25, -0.2) is 4.68 Å². The van der Waals surface area contributed by atoms with Gasteiger partial charge in [-0.1, -0.05) is 41.7 Å². The molecule has 0 saturated carbocycles. The highest BCUT2D eigenvalue weighted by molar-refractivity contribution is 7.11. The summed E-state index contributed by atoms with van der Waals surface area (Å²) in [5.41, 5.74) is 0.652. The van der Waals surface area contributed by atoms with Crippen LogP contribution in [0.4, 0.5) is 0 Å². The van der Waals surface area contributed by atoms with Crippen LogP contribution in [-0.4, -0.2) is 22.6 Å². The van der Waals surface area contributed by atoms with Crippen LogP contribution in [0.2, 0.25) is 0 Å². The first-order chi connectivity index (χ1) is 7.72. The number of benzene rings is 1. The van der Waals surface area contributed by atoms with Gasteiger partial charge in [0.25, 0.3) is 0 Å². The Hall–Kier alpha value is -1.75. The van der Waals surface area contributed by atoms with E-state index in [2.05, 4.69) is 10.1 Å². The van der Waals surface area contributed by atoms with Crippen molar-refractivity contribution < 1.29 is 4.79 Å². The Kier molecular flexibility index (Phi) is 2.96. The largest absolute Gasteiger partial charge is 0.286 e. The first-order valence-electron chi connectivity index (χ1n) is 4.79. The molecule has 0 saturated heterocycles. The van der Waals surface area contributed by atoms with Crippen LogP contribution < -0.4 is 4.80 Å². The van der Waals surface area contributed by atoms with E-state index in [9.17, 15) is 4.79 Å². The van der Waals surface area contributed by atoms with Gasteiger partial charge in [0.15, 0.2) is 5.01 Å². The number of hydrogen-bond acceptors (Lipinski definition) is 4. The van der Waals surface area contributed by atoms with Crippen molar-refractivity contribution in [3.63, 3.8) is 0 Å². The first kappa shape index (κ1) is 10.8. The van der Waals surface area contributed by atoms with Gasteiger partial charge in [-0.05, 0) is 0 Å². The molecule has 0 N–H and O–H groups in total. The zero-order valence-corrected chi connectivity index (χ0v) is 9.86. The van der Waals surface area contributed by atoms with Gasteiger partial charge < -0.3 is 0 Å². The third-order valence-corrected chi connectivity index (χ3v) is 3.22. The van der Waals surface area contributed by atoms with Gasteiger partial charge in [0.1, 0.15) is 0 Å². The van der Waals surface area contributed by atoms with Crippen LogP contribution in [-0.2, 0) is 7.05 Å². The van der Waals surface area contributed by atoms with Crippen molar-refractivity contribution in [2.24, 2.45) is 12.0 Å². The zero-order valence-electron chi connectivity index (χ0n) is 9.04. The minimum atomic E-state index is -0.0592. The molecule has 4 nitrogen and oxygen atoms in total. The summed E-state index contributed by atoms with van der Waals surface area (Å²) in [4.78, 5) is 16.8. The number of aromatic nitrogens is 2. The van der Waals surface area contributed by atoms with Gasteiger partial charge in [0.2, 0.25) is 10.6 Å². The van der Waals surface area contributed by atoms with Crippen molar-refractivity contribution in [3.05, 3.63) is 45.7 Å². The molecular weight excluding hydrogens is 222 g/mol. The van der Waals surface area contributed by atoms with Gasteiger partial charge in [-0.3, -0.25) is 9.79 Å². The molecule has 0 amide bonds. The van der Waals surface area contributed by atoms with Crippen molar-refractivity contribution in [2.45, 2.75) is 0 Å². The van der Waals surface area contributed by atoms with E-state index in [0.717, 1.165) is 4.80 Å². The van der Waals surface area contributed by atoms with Crippen LogP contribution >= 0.6 is 11.3 Å². The second kappa shape index (κ2) is 4.40. The maximum absolute atomic E-state index is 12.0. The lowest BCUT2D eigenvalue weighted by atomic mass is 10.1. The minimum Gasteiger partial charge on any atom is -0.286 e. The van der Waals surface area contributed by atoms with E-state index in [4.69, 9.17) is 0 Å². The molecule has 0 aliphatic heterocycles. The summed E-state index contributed by atoms with van der Waals surface area (Å²) in [6.07, 6.45) is 0. The molecule has 0 fully saturated rings. The number of carbonyl (C=O) groups excluding carboxylic acids is 1. The lowest BCUT2D eigenvalue weighted by Crippen LogP contribution is -2.11. The van der Waals surface area contributed by atoms with Gasteiger partial charge in [0.05, 0.1) is 0 Å². The Morgan fingerprint density at radius 2 is 2.06 bits per heavy atom. The average Bonchev–Trinajstić information content (AvgIpc) is 2.71. The fourth-order valence-electron chi connectivity index (χ4n) is 1.35. The van der Waals surface area contributed by atoms with Crippen LogP contribution in [0.25, 0.3) is 0 Å². The normalized spacial score (nSPS) is 11.8. The molecule has 0 unspecified atom stereocenters. The summed E-state index contributed by atoms with van der Waals surface area (Å²) in [6.45, 7) is 0. The quantitative estimate of drug-likeness (QED) is 0.733. The number of aryl methyl sites for hydroxylation is 1. The first-order valence-corrected chi connectivity index (χ1v) is 5.60. The topological polar surface area (TPSA) is 47.2 Å². The van der Waals surface area contributed by atoms with Gasteiger partial charge in [0, 0.05) is 19.7 Å². The van der Waals surface area contributed by atoms with E-state index in [0.29, 0.717) is 10.6 Å². The maximum Gasteiger partial charge on any atom is 0.223 e. The van der Waals surface area contributed by atoms with E-state index in [1.165, 1.54) is 11.3 Å². The molecule has 0 radical (unpaired) electrons. The summed E-state index contributed by atoms with van der Waals surface area (Å²) in [6, 6.07) is 9.13. The molecule has 1 aromatic carbocycles. The highest BCUT2D eigenvalue weighted by Crippen LogP contribution is 2.08. The number of ketones is 1. The molecule has 0 spiro atoms. The maximum atomic E-state index is 12.0. The van der Waals surface area contributed by atoms with E-state index >= 15 is 0 Å². The molecule has 2 rings (SSSR count). The van der Waals surface area contributed by atoms with Crippen molar-refractivity contribution in [3.8, 4) is 0 Å². The number of carbonyl (C=O) groups is 1. The number of hydrogen-bond donors (Lipinski definition) is 0. The highest BCUT2D eigenvalue weighted by atomic mass is 32.1. The Morgan fingerprint density at radius 3 is 2.62 bits per heavy atom. The van der Waals surface area contributed by atoms with Crippen LogP contribution in [0.3, 0.4) is 0 Å². The zero-order chi connectivity index (χ0) is 11.5. The summed E-state index contributed by atoms with van der Waals surface area (Å²) in [5.74, 6) is -0.0592. The minimum absolute atomic E-state index is 0.0592. The van der Waals surface area contributed by atoms with Gasteiger partial charge in [-0.2, -0.15) is 5.10 Å². The molecule has 1 heterocycles. The van der Waals surface area contributed by atoms with Crippen LogP contribution in [0, 0.1) is 0 Å². The van der Waals surface area contributed by atoms with Crippen LogP contribution in [0.1, 0.15) is 15.4 Å². The number of rotatable bonds is 2. The molecule has 16 heavy (non-hydrogen) atoms. The Labute approximate surface area is 96.9 Å².